The molecule has 1 unspecified atom stereocenters. The number of benzene rings is 1. The molecule has 5 nitrogen and oxygen atoms in total. The fourth-order valence-corrected chi connectivity index (χ4v) is 2.25. The first-order valence-electron chi connectivity index (χ1n) is 7.14. The number of hydrogen-bond donors (Lipinski definition) is 2. The lowest BCUT2D eigenvalue weighted by molar-refractivity contribution is -0.117. The van der Waals surface area contributed by atoms with Crippen LogP contribution in [0.15, 0.2) is 24.3 Å². The lowest BCUT2D eigenvalue weighted by Gasteiger charge is -2.16. The molecule has 0 aliphatic heterocycles. The van der Waals surface area contributed by atoms with Gasteiger partial charge in [0.15, 0.2) is 0 Å². The summed E-state index contributed by atoms with van der Waals surface area (Å²) in [6.45, 7) is 4.72. The fourth-order valence-electron chi connectivity index (χ4n) is 2.25. The van der Waals surface area contributed by atoms with Crippen molar-refractivity contribution in [2.45, 2.75) is 26.7 Å². The highest BCUT2D eigenvalue weighted by molar-refractivity contribution is 5.94. The van der Waals surface area contributed by atoms with Crippen LogP contribution in [-0.4, -0.2) is 25.5 Å². The van der Waals surface area contributed by atoms with Gasteiger partial charge in [-0.15, -0.1) is 0 Å². The third-order valence-electron chi connectivity index (χ3n) is 3.18. The molecule has 0 fully saturated rings. The summed E-state index contributed by atoms with van der Waals surface area (Å²) in [5, 5.41) is 2.80. The Morgan fingerprint density at radius 3 is 2.62 bits per heavy atom. The maximum Gasteiger partial charge on any atom is 0.337 e. The Hall–Kier alpha value is -1.88. The largest absolute Gasteiger partial charge is 0.465 e. The van der Waals surface area contributed by atoms with Crippen LogP contribution in [0, 0.1) is 11.8 Å². The zero-order valence-electron chi connectivity index (χ0n) is 12.9. The van der Waals surface area contributed by atoms with Gasteiger partial charge in [-0.25, -0.2) is 4.79 Å². The van der Waals surface area contributed by atoms with E-state index in [-0.39, 0.29) is 11.8 Å². The second-order valence-electron chi connectivity index (χ2n) is 5.56. The van der Waals surface area contributed by atoms with Gasteiger partial charge in [0.25, 0.3) is 0 Å². The van der Waals surface area contributed by atoms with Crippen LogP contribution in [0.5, 0.6) is 0 Å². The van der Waals surface area contributed by atoms with Gasteiger partial charge in [-0.3, -0.25) is 4.79 Å². The van der Waals surface area contributed by atoms with Crippen LogP contribution < -0.4 is 11.1 Å². The lowest BCUT2D eigenvalue weighted by Crippen LogP contribution is -2.23. The summed E-state index contributed by atoms with van der Waals surface area (Å²) in [5.74, 6) is 0.168. The average Bonchev–Trinajstić information content (AvgIpc) is 2.45. The number of carbonyl (C=O) groups excluding carboxylic acids is 2. The molecule has 21 heavy (non-hydrogen) atoms. The SMILES string of the molecule is COC(=O)c1cccc(NC(=O)CC(CN)CC(C)C)c1. The zero-order valence-corrected chi connectivity index (χ0v) is 12.9. The summed E-state index contributed by atoms with van der Waals surface area (Å²) in [6.07, 6.45) is 1.31. The molecule has 0 saturated heterocycles. The predicted octanol–water partition coefficient (Wildman–Crippen LogP) is 2.42. The number of hydrogen-bond acceptors (Lipinski definition) is 4. The highest BCUT2D eigenvalue weighted by Gasteiger charge is 2.14. The van der Waals surface area contributed by atoms with Crippen molar-refractivity contribution in [2.75, 3.05) is 19.0 Å². The molecule has 0 saturated carbocycles. The van der Waals surface area contributed by atoms with E-state index in [1.54, 1.807) is 24.3 Å². The highest BCUT2D eigenvalue weighted by Crippen LogP contribution is 2.16. The van der Waals surface area contributed by atoms with Crippen LogP contribution >= 0.6 is 0 Å². The summed E-state index contributed by atoms with van der Waals surface area (Å²) < 4.78 is 4.65. The molecule has 116 valence electrons. The van der Waals surface area contributed by atoms with Crippen LogP contribution in [0.1, 0.15) is 37.0 Å². The molecule has 0 radical (unpaired) electrons. The molecule has 3 N–H and O–H groups in total. The van der Waals surface area contributed by atoms with Crippen molar-refractivity contribution >= 4 is 17.6 Å². The average molecular weight is 292 g/mol. The number of methoxy groups -OCH3 is 1. The number of ether oxygens (including phenoxy) is 1. The number of nitrogens with two attached hydrogens (primary N) is 1. The predicted molar refractivity (Wildman–Crippen MR) is 83.0 cm³/mol. The van der Waals surface area contributed by atoms with Crippen molar-refractivity contribution < 1.29 is 14.3 Å². The normalized spacial score (nSPS) is 12.0. The Kier molecular flexibility index (Phi) is 6.88. The summed E-state index contributed by atoms with van der Waals surface area (Å²) >= 11 is 0. The van der Waals surface area contributed by atoms with Gasteiger partial charge in [-0.05, 0) is 43.0 Å². The van der Waals surface area contributed by atoms with E-state index < -0.39 is 5.97 Å². The van der Waals surface area contributed by atoms with E-state index >= 15 is 0 Å². The minimum absolute atomic E-state index is 0.0897. The lowest BCUT2D eigenvalue weighted by atomic mass is 9.94. The molecule has 1 rings (SSSR count). The molecule has 1 aromatic rings. The van der Waals surface area contributed by atoms with E-state index in [1.165, 1.54) is 7.11 Å². The van der Waals surface area contributed by atoms with E-state index in [0.717, 1.165) is 6.42 Å². The number of nitrogens with one attached hydrogen (secondary N) is 1. The van der Waals surface area contributed by atoms with Gasteiger partial charge >= 0.3 is 5.97 Å². The molecule has 1 aromatic carbocycles. The Morgan fingerprint density at radius 2 is 2.05 bits per heavy atom. The first-order chi connectivity index (χ1) is 9.96. The van der Waals surface area contributed by atoms with Gasteiger partial charge in [-0.2, -0.15) is 0 Å². The molecular weight excluding hydrogens is 268 g/mol. The Balaban J connectivity index is 2.64. The van der Waals surface area contributed by atoms with Crippen molar-refractivity contribution in [3.05, 3.63) is 29.8 Å². The third-order valence-corrected chi connectivity index (χ3v) is 3.18. The van der Waals surface area contributed by atoms with Crippen LogP contribution in [-0.2, 0) is 9.53 Å². The zero-order chi connectivity index (χ0) is 15.8. The Morgan fingerprint density at radius 1 is 1.33 bits per heavy atom. The quantitative estimate of drug-likeness (QED) is 0.756. The summed E-state index contributed by atoms with van der Waals surface area (Å²) in [7, 11) is 1.32. The molecule has 1 amide bonds. The van der Waals surface area contributed by atoms with Gasteiger partial charge in [0, 0.05) is 12.1 Å². The van der Waals surface area contributed by atoms with E-state index in [9.17, 15) is 9.59 Å². The van der Waals surface area contributed by atoms with Crippen LogP contribution in [0.2, 0.25) is 0 Å². The molecule has 1 atom stereocenters. The number of carbonyl (C=O) groups is 2. The fraction of sp³-hybridized carbons (Fsp3) is 0.500. The van der Waals surface area contributed by atoms with Crippen molar-refractivity contribution in [1.82, 2.24) is 0 Å². The third kappa shape index (κ3) is 5.95. The van der Waals surface area contributed by atoms with Gasteiger partial charge < -0.3 is 15.8 Å². The second kappa shape index (κ2) is 8.42. The second-order valence-corrected chi connectivity index (χ2v) is 5.56. The Labute approximate surface area is 125 Å². The first-order valence-corrected chi connectivity index (χ1v) is 7.14. The van der Waals surface area contributed by atoms with E-state index in [1.807, 2.05) is 0 Å². The van der Waals surface area contributed by atoms with Gasteiger partial charge in [0.2, 0.25) is 5.91 Å². The van der Waals surface area contributed by atoms with Crippen LogP contribution in [0.3, 0.4) is 0 Å². The van der Waals surface area contributed by atoms with Crippen molar-refractivity contribution in [2.24, 2.45) is 17.6 Å². The maximum atomic E-state index is 12.0. The summed E-state index contributed by atoms with van der Waals surface area (Å²) in [5.41, 5.74) is 6.70. The number of esters is 1. The molecule has 0 heterocycles. The monoisotopic (exact) mass is 292 g/mol. The Bertz CT molecular complexity index is 486. The minimum atomic E-state index is -0.425. The standard InChI is InChI=1S/C16H24N2O3/c1-11(2)7-12(10-17)8-15(19)18-14-6-4-5-13(9-14)16(20)21-3/h4-6,9,11-12H,7-8,10,17H2,1-3H3,(H,18,19). The molecule has 5 heteroatoms. The van der Waals surface area contributed by atoms with Crippen LogP contribution in [0.4, 0.5) is 5.69 Å². The smallest absolute Gasteiger partial charge is 0.337 e. The number of rotatable bonds is 7. The van der Waals surface area contributed by atoms with E-state index in [0.29, 0.717) is 30.1 Å². The van der Waals surface area contributed by atoms with E-state index in [4.69, 9.17) is 5.73 Å². The van der Waals surface area contributed by atoms with Gasteiger partial charge in [0.1, 0.15) is 0 Å². The topological polar surface area (TPSA) is 81.4 Å². The van der Waals surface area contributed by atoms with Crippen LogP contribution in [0.25, 0.3) is 0 Å². The molecule has 0 aromatic heterocycles. The van der Waals surface area contributed by atoms with Crippen molar-refractivity contribution in [3.63, 3.8) is 0 Å². The van der Waals surface area contributed by atoms with Crippen molar-refractivity contribution in [3.8, 4) is 0 Å². The number of amides is 1. The van der Waals surface area contributed by atoms with Crippen molar-refractivity contribution in [1.29, 1.82) is 0 Å². The minimum Gasteiger partial charge on any atom is -0.465 e. The molecular formula is C16H24N2O3. The highest BCUT2D eigenvalue weighted by atomic mass is 16.5. The molecule has 0 aliphatic carbocycles. The van der Waals surface area contributed by atoms with Gasteiger partial charge in [-0.1, -0.05) is 19.9 Å². The summed E-state index contributed by atoms with van der Waals surface area (Å²) in [6, 6.07) is 6.69. The molecule has 0 bridgehead atoms. The summed E-state index contributed by atoms with van der Waals surface area (Å²) in [4.78, 5) is 23.5. The molecule has 0 aliphatic rings. The molecule has 0 spiro atoms. The first kappa shape index (κ1) is 17.2. The van der Waals surface area contributed by atoms with E-state index in [2.05, 4.69) is 23.9 Å². The number of anilines is 1. The van der Waals surface area contributed by atoms with Gasteiger partial charge in [0.05, 0.1) is 12.7 Å². The maximum absolute atomic E-state index is 12.0.